The maximum atomic E-state index is 11.9. The van der Waals surface area contributed by atoms with Crippen LogP contribution in [-0.4, -0.2) is 40.9 Å². The summed E-state index contributed by atoms with van der Waals surface area (Å²) in [6.45, 7) is 0.0837. The number of nitrogens with zero attached hydrogens (tertiary/aromatic N) is 4. The summed E-state index contributed by atoms with van der Waals surface area (Å²) in [7, 11) is -3.70. The fourth-order valence-electron chi connectivity index (χ4n) is 2.27. The predicted molar refractivity (Wildman–Crippen MR) is 75.2 cm³/mol. The predicted octanol–water partition coefficient (Wildman–Crippen LogP) is -0.339. The summed E-state index contributed by atoms with van der Waals surface area (Å²) in [5, 5.41) is 8.26. The number of aromatic nitrogens is 3. The van der Waals surface area contributed by atoms with Crippen molar-refractivity contribution >= 4 is 21.6 Å². The summed E-state index contributed by atoms with van der Waals surface area (Å²) >= 11 is 0. The summed E-state index contributed by atoms with van der Waals surface area (Å²) in [4.78, 5) is 17.2. The van der Waals surface area contributed by atoms with Gasteiger partial charge in [0.05, 0.1) is 5.69 Å². The van der Waals surface area contributed by atoms with E-state index in [2.05, 4.69) is 10.1 Å². The lowest BCUT2D eigenvalue weighted by Crippen LogP contribution is -2.32. The van der Waals surface area contributed by atoms with Crippen LogP contribution in [0.25, 0.3) is 5.69 Å². The topological polar surface area (TPSA) is 111 Å². The van der Waals surface area contributed by atoms with E-state index in [4.69, 9.17) is 5.14 Å². The molecule has 3 rings (SSSR count). The molecule has 0 saturated carbocycles. The van der Waals surface area contributed by atoms with Crippen molar-refractivity contribution < 1.29 is 13.2 Å². The van der Waals surface area contributed by atoms with Crippen LogP contribution in [0, 0.1) is 0 Å². The zero-order valence-corrected chi connectivity index (χ0v) is 11.8. The summed E-state index contributed by atoms with van der Waals surface area (Å²) in [5.74, 6) is -0.248. The largest absolute Gasteiger partial charge is 0.311 e. The summed E-state index contributed by atoms with van der Waals surface area (Å²) in [5.41, 5.74) is 1.43. The molecule has 1 aromatic carbocycles. The molecule has 1 aliphatic heterocycles. The van der Waals surface area contributed by atoms with Crippen LogP contribution in [0.3, 0.4) is 0 Å². The monoisotopic (exact) mass is 307 g/mol. The van der Waals surface area contributed by atoms with E-state index < -0.39 is 15.3 Å². The number of carbonyl (C=O) groups excluding carboxylic acids is 1. The number of rotatable bonds is 3. The number of primary sulfonamides is 1. The molecule has 1 aliphatic rings. The van der Waals surface area contributed by atoms with Crippen molar-refractivity contribution in [1.29, 1.82) is 0 Å². The van der Waals surface area contributed by atoms with Gasteiger partial charge < -0.3 is 4.90 Å². The standard InChI is InChI=1S/C12H13N5O3S/c13-21(19,20)11-5-12(18)16(6-11)9-1-3-10(4-2-9)17-8-14-7-15-17/h1-4,7-8,11H,5-6H2,(H2,13,19,20). The molecule has 1 saturated heterocycles. The Morgan fingerprint density at radius 2 is 1.86 bits per heavy atom. The van der Waals surface area contributed by atoms with E-state index in [0.717, 1.165) is 5.69 Å². The van der Waals surface area contributed by atoms with Crippen LogP contribution in [0.5, 0.6) is 0 Å². The Labute approximate surface area is 121 Å². The van der Waals surface area contributed by atoms with Gasteiger partial charge in [-0.05, 0) is 24.3 Å². The summed E-state index contributed by atoms with van der Waals surface area (Å²) in [6, 6.07) is 7.03. The van der Waals surface area contributed by atoms with Gasteiger partial charge in [-0.25, -0.2) is 23.2 Å². The first-order valence-corrected chi connectivity index (χ1v) is 7.83. The van der Waals surface area contributed by atoms with Crippen LogP contribution in [0.2, 0.25) is 0 Å². The molecule has 0 spiro atoms. The lowest BCUT2D eigenvalue weighted by Gasteiger charge is -2.16. The fraction of sp³-hybridized carbons (Fsp3) is 0.250. The van der Waals surface area contributed by atoms with E-state index in [1.807, 2.05) is 0 Å². The normalized spacial score (nSPS) is 19.2. The average molecular weight is 307 g/mol. The highest BCUT2D eigenvalue weighted by Crippen LogP contribution is 2.25. The van der Waals surface area contributed by atoms with Crippen LogP contribution in [-0.2, 0) is 14.8 Å². The van der Waals surface area contributed by atoms with Gasteiger partial charge in [-0.15, -0.1) is 0 Å². The molecular formula is C12H13N5O3S. The first-order chi connectivity index (χ1) is 9.95. The zero-order chi connectivity index (χ0) is 15.0. The van der Waals surface area contributed by atoms with Crippen molar-refractivity contribution in [1.82, 2.24) is 14.8 Å². The molecule has 8 nitrogen and oxygen atoms in total. The number of carbonyl (C=O) groups is 1. The van der Waals surface area contributed by atoms with Gasteiger partial charge in [-0.2, -0.15) is 5.10 Å². The molecule has 2 heterocycles. The van der Waals surface area contributed by atoms with Gasteiger partial charge in [0.15, 0.2) is 0 Å². The van der Waals surface area contributed by atoms with Gasteiger partial charge >= 0.3 is 0 Å². The maximum absolute atomic E-state index is 11.9. The van der Waals surface area contributed by atoms with Crippen molar-refractivity contribution in [2.45, 2.75) is 11.7 Å². The van der Waals surface area contributed by atoms with Crippen molar-refractivity contribution in [3.05, 3.63) is 36.9 Å². The quantitative estimate of drug-likeness (QED) is 0.834. The Balaban J connectivity index is 1.83. The van der Waals surface area contributed by atoms with Gasteiger partial charge in [-0.1, -0.05) is 0 Å². The average Bonchev–Trinajstić information content (AvgIpc) is 3.07. The van der Waals surface area contributed by atoms with E-state index in [0.29, 0.717) is 5.69 Å². The Bertz CT molecular complexity index is 755. The Morgan fingerprint density at radius 1 is 1.19 bits per heavy atom. The van der Waals surface area contributed by atoms with Crippen LogP contribution < -0.4 is 10.0 Å². The summed E-state index contributed by atoms with van der Waals surface area (Å²) < 4.78 is 24.3. The van der Waals surface area contributed by atoms with Crippen LogP contribution in [0.15, 0.2) is 36.9 Å². The second kappa shape index (κ2) is 4.93. The third-order valence-corrected chi connectivity index (χ3v) is 4.64. The number of benzene rings is 1. The van der Waals surface area contributed by atoms with Crippen molar-refractivity contribution in [2.24, 2.45) is 5.14 Å². The smallest absolute Gasteiger partial charge is 0.228 e. The second-order valence-electron chi connectivity index (χ2n) is 4.78. The molecule has 21 heavy (non-hydrogen) atoms. The van der Waals surface area contributed by atoms with Gasteiger partial charge in [-0.3, -0.25) is 4.79 Å². The minimum atomic E-state index is -3.70. The molecule has 2 aromatic rings. The molecule has 0 radical (unpaired) electrons. The van der Waals surface area contributed by atoms with Crippen LogP contribution in [0.1, 0.15) is 6.42 Å². The minimum Gasteiger partial charge on any atom is -0.311 e. The first kappa shape index (κ1) is 13.7. The zero-order valence-electron chi connectivity index (χ0n) is 11.0. The Kier molecular flexibility index (Phi) is 3.22. The molecule has 2 N–H and O–H groups in total. The third kappa shape index (κ3) is 2.65. The van der Waals surface area contributed by atoms with Crippen LogP contribution in [0.4, 0.5) is 5.69 Å². The second-order valence-corrected chi connectivity index (χ2v) is 6.62. The third-order valence-electron chi connectivity index (χ3n) is 3.40. The van der Waals surface area contributed by atoms with E-state index in [1.165, 1.54) is 11.2 Å². The SMILES string of the molecule is NS(=O)(=O)C1CC(=O)N(c2ccc(-n3cncn3)cc2)C1. The minimum absolute atomic E-state index is 0.0797. The molecule has 0 bridgehead atoms. The number of nitrogens with two attached hydrogens (primary N) is 1. The highest BCUT2D eigenvalue weighted by molar-refractivity contribution is 7.89. The number of hydrogen-bond acceptors (Lipinski definition) is 5. The highest BCUT2D eigenvalue weighted by Gasteiger charge is 2.37. The number of sulfonamides is 1. The highest BCUT2D eigenvalue weighted by atomic mass is 32.2. The molecule has 9 heteroatoms. The molecule has 1 atom stereocenters. The number of anilines is 1. The van der Waals surface area contributed by atoms with Crippen molar-refractivity contribution in [3.8, 4) is 5.69 Å². The van der Waals surface area contributed by atoms with E-state index >= 15 is 0 Å². The number of hydrogen-bond donors (Lipinski definition) is 1. The first-order valence-electron chi connectivity index (χ1n) is 6.22. The fourth-order valence-corrected chi connectivity index (χ4v) is 3.00. The van der Waals surface area contributed by atoms with Crippen molar-refractivity contribution in [2.75, 3.05) is 11.4 Å². The molecule has 0 aliphatic carbocycles. The molecule has 1 fully saturated rings. The number of amides is 1. The molecular weight excluding hydrogens is 294 g/mol. The van der Waals surface area contributed by atoms with E-state index in [1.54, 1.807) is 35.3 Å². The molecule has 1 amide bonds. The summed E-state index contributed by atoms with van der Waals surface area (Å²) in [6.07, 6.45) is 2.91. The van der Waals surface area contributed by atoms with Gasteiger partial charge in [0.1, 0.15) is 17.9 Å². The Morgan fingerprint density at radius 3 is 2.38 bits per heavy atom. The Hall–Kier alpha value is -2.26. The van der Waals surface area contributed by atoms with E-state index in [-0.39, 0.29) is 18.9 Å². The van der Waals surface area contributed by atoms with Gasteiger partial charge in [0.2, 0.25) is 15.9 Å². The molecule has 1 unspecified atom stereocenters. The van der Waals surface area contributed by atoms with Gasteiger partial charge in [0, 0.05) is 18.7 Å². The van der Waals surface area contributed by atoms with Crippen LogP contribution >= 0.6 is 0 Å². The van der Waals surface area contributed by atoms with Gasteiger partial charge in [0.25, 0.3) is 0 Å². The molecule has 1 aromatic heterocycles. The lowest BCUT2D eigenvalue weighted by molar-refractivity contribution is -0.117. The van der Waals surface area contributed by atoms with Crippen molar-refractivity contribution in [3.63, 3.8) is 0 Å². The molecule has 110 valence electrons. The van der Waals surface area contributed by atoms with E-state index in [9.17, 15) is 13.2 Å². The lowest BCUT2D eigenvalue weighted by atomic mass is 10.2. The maximum Gasteiger partial charge on any atom is 0.228 e.